The summed E-state index contributed by atoms with van der Waals surface area (Å²) >= 11 is 1.61. The molecule has 2 heterocycles. The van der Waals surface area contributed by atoms with Crippen LogP contribution in [0, 0.1) is 5.82 Å². The van der Waals surface area contributed by atoms with Crippen molar-refractivity contribution < 1.29 is 18.7 Å². The summed E-state index contributed by atoms with van der Waals surface area (Å²) in [5, 5.41) is 5.04. The number of rotatable bonds is 6. The maximum absolute atomic E-state index is 13.3. The second kappa shape index (κ2) is 8.25. The fourth-order valence-corrected chi connectivity index (χ4v) is 4.78. The molecule has 1 amide bonds. The van der Waals surface area contributed by atoms with E-state index in [2.05, 4.69) is 5.32 Å². The molecule has 0 radical (unpaired) electrons. The van der Waals surface area contributed by atoms with E-state index in [9.17, 15) is 9.18 Å². The van der Waals surface area contributed by atoms with Crippen molar-refractivity contribution in [2.24, 2.45) is 0 Å². The Morgan fingerprint density at radius 1 is 1.07 bits per heavy atom. The Bertz CT molecular complexity index is 1030. The summed E-state index contributed by atoms with van der Waals surface area (Å²) in [6.45, 7) is 4.96. The molecule has 150 valence electrons. The Kier molecular flexibility index (Phi) is 5.53. The summed E-state index contributed by atoms with van der Waals surface area (Å²) in [6, 6.07) is 12.2. The zero-order chi connectivity index (χ0) is 20.4. The Balaban J connectivity index is 1.75. The molecule has 4 rings (SSSR count). The third kappa shape index (κ3) is 3.85. The largest absolute Gasteiger partial charge is 0.490 e. The van der Waals surface area contributed by atoms with Crippen LogP contribution in [0.5, 0.6) is 11.5 Å². The van der Waals surface area contributed by atoms with Crippen LogP contribution < -0.4 is 14.8 Å². The van der Waals surface area contributed by atoms with Crippen LogP contribution in [0.4, 0.5) is 10.1 Å². The van der Waals surface area contributed by atoms with Gasteiger partial charge in [-0.25, -0.2) is 4.39 Å². The number of thiophene rings is 1. The predicted molar refractivity (Wildman–Crippen MR) is 114 cm³/mol. The van der Waals surface area contributed by atoms with Gasteiger partial charge in [0.2, 0.25) is 5.91 Å². The van der Waals surface area contributed by atoms with Crippen molar-refractivity contribution >= 4 is 22.9 Å². The maximum Gasteiger partial charge on any atom is 0.225 e. The van der Waals surface area contributed by atoms with E-state index >= 15 is 0 Å². The number of carbonyl (C=O) groups excluding carboxylic acids is 1. The van der Waals surface area contributed by atoms with Crippen LogP contribution in [0.15, 0.2) is 47.8 Å². The standard InChI is InChI=1S/C23H22FNO3S/c1-3-27-19-10-7-15(11-20(19)28-4-2)17-12-21(26)25-22-18(13-29-23(17)22)14-5-8-16(24)9-6-14/h5-11,13,17H,3-4,12H2,1-2H3,(H,25,26)/t17-/m1/s1. The first-order valence-corrected chi connectivity index (χ1v) is 10.5. The van der Waals surface area contributed by atoms with E-state index in [-0.39, 0.29) is 17.6 Å². The van der Waals surface area contributed by atoms with Crippen LogP contribution >= 0.6 is 11.3 Å². The van der Waals surface area contributed by atoms with E-state index in [1.165, 1.54) is 12.1 Å². The molecule has 0 saturated heterocycles. The highest BCUT2D eigenvalue weighted by atomic mass is 32.1. The first-order chi connectivity index (χ1) is 14.1. The molecule has 1 aliphatic rings. The number of fused-ring (bicyclic) bond motifs is 1. The van der Waals surface area contributed by atoms with Crippen molar-refractivity contribution in [1.29, 1.82) is 0 Å². The minimum atomic E-state index is -0.280. The molecule has 4 nitrogen and oxygen atoms in total. The molecular weight excluding hydrogens is 389 g/mol. The highest BCUT2D eigenvalue weighted by molar-refractivity contribution is 7.11. The van der Waals surface area contributed by atoms with Crippen molar-refractivity contribution in [3.8, 4) is 22.6 Å². The van der Waals surface area contributed by atoms with Crippen LogP contribution in [0.2, 0.25) is 0 Å². The molecule has 1 atom stereocenters. The molecule has 1 aliphatic heterocycles. The number of carbonyl (C=O) groups is 1. The number of hydrogen-bond donors (Lipinski definition) is 1. The fourth-order valence-electron chi connectivity index (χ4n) is 3.62. The van der Waals surface area contributed by atoms with E-state index < -0.39 is 0 Å². The second-order valence-corrected chi connectivity index (χ2v) is 7.68. The molecule has 0 saturated carbocycles. The summed E-state index contributed by atoms with van der Waals surface area (Å²) in [5.74, 6) is 1.02. The summed E-state index contributed by atoms with van der Waals surface area (Å²) < 4.78 is 24.7. The van der Waals surface area contributed by atoms with Gasteiger partial charge in [-0.1, -0.05) is 18.2 Å². The Labute approximate surface area is 173 Å². The highest BCUT2D eigenvalue weighted by Gasteiger charge is 2.31. The average Bonchev–Trinajstić information content (AvgIpc) is 3.13. The lowest BCUT2D eigenvalue weighted by Gasteiger charge is -2.24. The summed E-state index contributed by atoms with van der Waals surface area (Å²) in [4.78, 5) is 13.6. The summed E-state index contributed by atoms with van der Waals surface area (Å²) in [5.41, 5.74) is 3.63. The molecule has 0 fully saturated rings. The number of anilines is 1. The van der Waals surface area contributed by atoms with Gasteiger partial charge in [0, 0.05) is 28.2 Å². The molecule has 3 aromatic rings. The normalized spacial score (nSPS) is 15.6. The number of benzene rings is 2. The van der Waals surface area contributed by atoms with E-state index in [0.717, 1.165) is 27.3 Å². The number of nitrogens with one attached hydrogen (secondary N) is 1. The number of halogens is 1. The molecule has 0 unspecified atom stereocenters. The summed E-state index contributed by atoms with van der Waals surface area (Å²) in [6.07, 6.45) is 0.371. The number of amides is 1. The van der Waals surface area contributed by atoms with Crippen LogP contribution in [0.25, 0.3) is 11.1 Å². The molecule has 0 spiro atoms. The maximum atomic E-state index is 13.3. The topological polar surface area (TPSA) is 47.6 Å². The SMILES string of the molecule is CCOc1ccc([C@H]2CC(=O)Nc3c(-c4ccc(F)cc4)csc32)cc1OCC. The van der Waals surface area contributed by atoms with Gasteiger partial charge in [-0.15, -0.1) is 11.3 Å². The van der Waals surface area contributed by atoms with Gasteiger partial charge in [0.1, 0.15) is 5.82 Å². The molecule has 6 heteroatoms. The first-order valence-electron chi connectivity index (χ1n) is 9.67. The Morgan fingerprint density at radius 3 is 2.52 bits per heavy atom. The third-order valence-corrected chi connectivity index (χ3v) is 6.01. The van der Waals surface area contributed by atoms with Crippen molar-refractivity contribution in [2.75, 3.05) is 18.5 Å². The smallest absolute Gasteiger partial charge is 0.225 e. The van der Waals surface area contributed by atoms with Crippen LogP contribution in [-0.2, 0) is 4.79 Å². The lowest BCUT2D eigenvalue weighted by atomic mass is 9.89. The average molecular weight is 411 g/mol. The third-order valence-electron chi connectivity index (χ3n) is 4.91. The molecule has 1 N–H and O–H groups in total. The van der Waals surface area contributed by atoms with Gasteiger partial charge < -0.3 is 14.8 Å². The van der Waals surface area contributed by atoms with E-state index in [0.29, 0.717) is 31.1 Å². The highest BCUT2D eigenvalue weighted by Crippen LogP contribution is 2.47. The molecule has 29 heavy (non-hydrogen) atoms. The van der Waals surface area contributed by atoms with E-state index in [4.69, 9.17) is 9.47 Å². The summed E-state index contributed by atoms with van der Waals surface area (Å²) in [7, 11) is 0. The zero-order valence-corrected chi connectivity index (χ0v) is 17.1. The number of ether oxygens (including phenoxy) is 2. The molecule has 2 aromatic carbocycles. The second-order valence-electron chi connectivity index (χ2n) is 6.77. The number of hydrogen-bond acceptors (Lipinski definition) is 4. The lowest BCUT2D eigenvalue weighted by Crippen LogP contribution is -2.22. The minimum absolute atomic E-state index is 0.0314. The molecule has 0 aliphatic carbocycles. The lowest BCUT2D eigenvalue weighted by molar-refractivity contribution is -0.116. The van der Waals surface area contributed by atoms with Crippen molar-refractivity contribution in [3.63, 3.8) is 0 Å². The van der Waals surface area contributed by atoms with Gasteiger partial charge in [-0.05, 0) is 49.2 Å². The predicted octanol–water partition coefficient (Wildman–Crippen LogP) is 5.83. The zero-order valence-electron chi connectivity index (χ0n) is 16.3. The monoisotopic (exact) mass is 411 g/mol. The minimum Gasteiger partial charge on any atom is -0.490 e. The fraction of sp³-hybridized carbons (Fsp3) is 0.261. The Hall–Kier alpha value is -2.86. The molecular formula is C23H22FNO3S. The van der Waals surface area contributed by atoms with Crippen LogP contribution in [0.1, 0.15) is 36.6 Å². The van der Waals surface area contributed by atoms with Gasteiger partial charge >= 0.3 is 0 Å². The molecule has 0 bridgehead atoms. The van der Waals surface area contributed by atoms with E-state index in [1.807, 2.05) is 37.4 Å². The van der Waals surface area contributed by atoms with Crippen molar-refractivity contribution in [3.05, 3.63) is 64.1 Å². The molecule has 1 aromatic heterocycles. The van der Waals surface area contributed by atoms with Gasteiger partial charge in [0.25, 0.3) is 0 Å². The van der Waals surface area contributed by atoms with Gasteiger partial charge in [0.15, 0.2) is 11.5 Å². The van der Waals surface area contributed by atoms with Gasteiger partial charge in [-0.3, -0.25) is 4.79 Å². The van der Waals surface area contributed by atoms with Crippen LogP contribution in [-0.4, -0.2) is 19.1 Å². The van der Waals surface area contributed by atoms with Crippen molar-refractivity contribution in [1.82, 2.24) is 0 Å². The van der Waals surface area contributed by atoms with Crippen LogP contribution in [0.3, 0.4) is 0 Å². The van der Waals surface area contributed by atoms with E-state index in [1.54, 1.807) is 23.5 Å². The first kappa shape index (κ1) is 19.5. The van der Waals surface area contributed by atoms with Gasteiger partial charge in [0.05, 0.1) is 18.9 Å². The van der Waals surface area contributed by atoms with Crippen molar-refractivity contribution in [2.45, 2.75) is 26.2 Å². The van der Waals surface area contributed by atoms with Gasteiger partial charge in [-0.2, -0.15) is 0 Å². The Morgan fingerprint density at radius 2 is 1.79 bits per heavy atom. The quantitative estimate of drug-likeness (QED) is 0.555.